The van der Waals surface area contributed by atoms with Crippen molar-refractivity contribution in [2.24, 2.45) is 0 Å². The highest BCUT2D eigenvalue weighted by Gasteiger charge is 2.22. The van der Waals surface area contributed by atoms with Crippen LogP contribution in [0.3, 0.4) is 0 Å². The topological polar surface area (TPSA) is 48.5 Å². The lowest BCUT2D eigenvalue weighted by Crippen LogP contribution is -2.02. The molecule has 0 aliphatic carbocycles. The van der Waals surface area contributed by atoms with Crippen molar-refractivity contribution in [2.75, 3.05) is 0 Å². The highest BCUT2D eigenvalue weighted by atomic mass is 15.0. The molecule has 56 heavy (non-hydrogen) atoms. The second-order valence-electron chi connectivity index (χ2n) is 14.0. The molecule has 262 valence electrons. The van der Waals surface area contributed by atoms with E-state index in [0.717, 1.165) is 50.2 Å². The summed E-state index contributed by atoms with van der Waals surface area (Å²) >= 11 is 0. The summed E-state index contributed by atoms with van der Waals surface area (Å²) < 4.78 is 4.78. The van der Waals surface area contributed by atoms with Gasteiger partial charge in [-0.2, -0.15) is 0 Å². The van der Waals surface area contributed by atoms with E-state index in [0.29, 0.717) is 17.5 Å². The number of hydrogen-bond donors (Lipinski definition) is 0. The molecule has 0 aliphatic heterocycles. The van der Waals surface area contributed by atoms with Gasteiger partial charge in [-0.25, -0.2) is 15.0 Å². The molecule has 0 aliphatic rings. The first-order chi connectivity index (χ1) is 27.8. The van der Waals surface area contributed by atoms with E-state index in [1.807, 2.05) is 36.4 Å². The maximum absolute atomic E-state index is 5.21. The van der Waals surface area contributed by atoms with E-state index in [2.05, 4.69) is 173 Å². The molecule has 0 amide bonds. The third kappa shape index (κ3) is 5.13. The fourth-order valence-corrected chi connectivity index (χ4v) is 8.31. The first-order valence-electron chi connectivity index (χ1n) is 18.9. The maximum Gasteiger partial charge on any atom is 0.164 e. The third-order valence-electron chi connectivity index (χ3n) is 10.8. The van der Waals surface area contributed by atoms with E-state index in [1.165, 1.54) is 32.6 Å². The van der Waals surface area contributed by atoms with Crippen molar-refractivity contribution in [3.05, 3.63) is 200 Å². The fraction of sp³-hybridized carbons (Fsp3) is 0. The van der Waals surface area contributed by atoms with E-state index < -0.39 is 0 Å². The average Bonchev–Trinajstić information content (AvgIpc) is 3.80. The zero-order valence-corrected chi connectivity index (χ0v) is 30.3. The van der Waals surface area contributed by atoms with Crippen LogP contribution in [0.2, 0.25) is 0 Å². The van der Waals surface area contributed by atoms with Gasteiger partial charge in [0.1, 0.15) is 0 Å². The predicted octanol–water partition coefficient (Wildman–Crippen LogP) is 12.7. The van der Waals surface area contributed by atoms with Crippen molar-refractivity contribution in [1.29, 1.82) is 0 Å². The molecule has 3 aromatic heterocycles. The van der Waals surface area contributed by atoms with Gasteiger partial charge in [-0.1, -0.05) is 152 Å². The van der Waals surface area contributed by atoms with Crippen LogP contribution >= 0.6 is 0 Å². The monoisotopic (exact) mass is 715 g/mol. The second kappa shape index (κ2) is 13.0. The summed E-state index contributed by atoms with van der Waals surface area (Å²) in [6, 6.07) is 70.3. The summed E-state index contributed by atoms with van der Waals surface area (Å²) in [6.45, 7) is 0. The summed E-state index contributed by atoms with van der Waals surface area (Å²) in [4.78, 5) is 15.4. The van der Waals surface area contributed by atoms with E-state index in [4.69, 9.17) is 15.0 Å². The van der Waals surface area contributed by atoms with Crippen molar-refractivity contribution < 1.29 is 0 Å². The first kappa shape index (κ1) is 31.9. The zero-order valence-electron chi connectivity index (χ0n) is 30.3. The fourth-order valence-electron chi connectivity index (χ4n) is 8.31. The standard InChI is InChI=1S/C51H33N5/c1-5-17-34(18-6-1)39-30-29-38(33-42(39)51-53-49(35-19-7-2-8-20-35)52-50(54-51)36-21-9-3-10-22-36)56-44-28-16-14-26-41(44)48-46(56)32-31-45-47(48)40-25-13-15-27-43(40)55(45)37-23-11-4-12-24-37/h1-33H. The Labute approximate surface area is 323 Å². The molecule has 0 unspecified atom stereocenters. The van der Waals surface area contributed by atoms with Crippen molar-refractivity contribution in [3.63, 3.8) is 0 Å². The van der Waals surface area contributed by atoms with Crippen LogP contribution < -0.4 is 0 Å². The quantitative estimate of drug-likeness (QED) is 0.172. The lowest BCUT2D eigenvalue weighted by molar-refractivity contribution is 1.07. The number of aromatic nitrogens is 5. The Hall–Kier alpha value is -7.63. The molecule has 0 atom stereocenters. The second-order valence-corrected chi connectivity index (χ2v) is 14.0. The number of fused-ring (bicyclic) bond motifs is 7. The maximum atomic E-state index is 5.21. The largest absolute Gasteiger partial charge is 0.309 e. The minimum atomic E-state index is 0.618. The molecule has 0 N–H and O–H groups in total. The van der Waals surface area contributed by atoms with Gasteiger partial charge in [0, 0.05) is 49.6 Å². The van der Waals surface area contributed by atoms with Crippen molar-refractivity contribution in [3.8, 4) is 56.7 Å². The third-order valence-corrected chi connectivity index (χ3v) is 10.8. The van der Waals surface area contributed by atoms with Gasteiger partial charge in [0.15, 0.2) is 17.5 Å². The predicted molar refractivity (Wildman–Crippen MR) is 230 cm³/mol. The lowest BCUT2D eigenvalue weighted by Gasteiger charge is -2.15. The van der Waals surface area contributed by atoms with Crippen LogP contribution in [0, 0.1) is 0 Å². The van der Waals surface area contributed by atoms with E-state index in [-0.39, 0.29) is 0 Å². The lowest BCUT2D eigenvalue weighted by atomic mass is 9.98. The molecule has 11 aromatic rings. The smallest absolute Gasteiger partial charge is 0.164 e. The van der Waals surface area contributed by atoms with Crippen LogP contribution in [0.15, 0.2) is 200 Å². The molecule has 8 aromatic carbocycles. The number of nitrogens with zero attached hydrogens (tertiary/aromatic N) is 5. The van der Waals surface area contributed by atoms with Crippen molar-refractivity contribution in [2.45, 2.75) is 0 Å². The van der Waals surface area contributed by atoms with Crippen LogP contribution in [-0.2, 0) is 0 Å². The van der Waals surface area contributed by atoms with Crippen molar-refractivity contribution in [1.82, 2.24) is 24.1 Å². The van der Waals surface area contributed by atoms with Gasteiger partial charge >= 0.3 is 0 Å². The zero-order chi connectivity index (χ0) is 37.0. The van der Waals surface area contributed by atoms with Crippen LogP contribution in [0.5, 0.6) is 0 Å². The summed E-state index contributed by atoms with van der Waals surface area (Å²) in [5, 5.41) is 4.91. The van der Waals surface area contributed by atoms with Gasteiger partial charge in [-0.05, 0) is 59.7 Å². The molecule has 3 heterocycles. The summed E-state index contributed by atoms with van der Waals surface area (Å²) in [7, 11) is 0. The molecular weight excluding hydrogens is 683 g/mol. The van der Waals surface area contributed by atoms with Crippen molar-refractivity contribution >= 4 is 43.6 Å². The van der Waals surface area contributed by atoms with Crippen LogP contribution in [0.25, 0.3) is 100 Å². The molecule has 0 saturated heterocycles. The van der Waals surface area contributed by atoms with Gasteiger partial charge < -0.3 is 9.13 Å². The van der Waals surface area contributed by atoms with E-state index >= 15 is 0 Å². The first-order valence-corrected chi connectivity index (χ1v) is 18.9. The average molecular weight is 716 g/mol. The number of para-hydroxylation sites is 3. The molecular formula is C51H33N5. The summed E-state index contributed by atoms with van der Waals surface area (Å²) in [5.74, 6) is 1.88. The minimum Gasteiger partial charge on any atom is -0.309 e. The molecule has 5 nitrogen and oxygen atoms in total. The van der Waals surface area contributed by atoms with Gasteiger partial charge in [0.05, 0.1) is 22.1 Å². The Bertz CT molecular complexity index is 3160. The molecule has 11 rings (SSSR count). The molecule has 0 bridgehead atoms. The molecule has 0 fully saturated rings. The summed E-state index contributed by atoms with van der Waals surface area (Å²) in [5.41, 5.74) is 11.8. The van der Waals surface area contributed by atoms with E-state index in [9.17, 15) is 0 Å². The molecule has 5 heteroatoms. The van der Waals surface area contributed by atoms with Crippen LogP contribution in [0.4, 0.5) is 0 Å². The number of hydrogen-bond acceptors (Lipinski definition) is 3. The number of rotatable bonds is 6. The minimum absolute atomic E-state index is 0.618. The van der Waals surface area contributed by atoms with E-state index in [1.54, 1.807) is 0 Å². The van der Waals surface area contributed by atoms with Gasteiger partial charge in [-0.15, -0.1) is 0 Å². The van der Waals surface area contributed by atoms with Gasteiger partial charge in [0.2, 0.25) is 0 Å². The molecule has 0 saturated carbocycles. The number of benzene rings is 8. The SMILES string of the molecule is c1ccc(-c2nc(-c3ccccc3)nc(-c3cc(-n4c5ccccc5c5c6c7ccccc7n(-c7ccccc7)c6ccc54)ccc3-c3ccccc3)n2)cc1. The Morgan fingerprint density at radius 1 is 0.286 bits per heavy atom. The van der Waals surface area contributed by atoms with Gasteiger partial charge in [-0.3, -0.25) is 0 Å². The van der Waals surface area contributed by atoms with Crippen LogP contribution in [-0.4, -0.2) is 24.1 Å². The van der Waals surface area contributed by atoms with Crippen LogP contribution in [0.1, 0.15) is 0 Å². The van der Waals surface area contributed by atoms with Gasteiger partial charge in [0.25, 0.3) is 0 Å². The Morgan fingerprint density at radius 3 is 1.25 bits per heavy atom. The highest BCUT2D eigenvalue weighted by molar-refractivity contribution is 6.28. The highest BCUT2D eigenvalue weighted by Crippen LogP contribution is 2.43. The normalized spacial score (nSPS) is 11.6. The molecule has 0 spiro atoms. The Kier molecular flexibility index (Phi) is 7.42. The molecule has 0 radical (unpaired) electrons. The Morgan fingerprint density at radius 2 is 0.714 bits per heavy atom. The summed E-state index contributed by atoms with van der Waals surface area (Å²) in [6.07, 6.45) is 0. The Balaban J connectivity index is 1.21.